The molecule has 1 spiro atoms. The highest BCUT2D eigenvalue weighted by molar-refractivity contribution is 5.75. The summed E-state index contributed by atoms with van der Waals surface area (Å²) < 4.78 is 26.4. The summed E-state index contributed by atoms with van der Waals surface area (Å²) >= 11 is 0. The number of fused-ring (bicyclic) bond motifs is 4. The first-order valence-corrected chi connectivity index (χ1v) is 10.6. The predicted molar refractivity (Wildman–Crippen MR) is 114 cm³/mol. The number of aliphatic imine (C=N–C) groups is 1. The van der Waals surface area contributed by atoms with Crippen molar-refractivity contribution in [3.05, 3.63) is 48.0 Å². The molecule has 3 aliphatic heterocycles. The number of piperidine rings is 1. The molecular formula is C23H27FN4O3. The molecule has 31 heavy (non-hydrogen) atoms. The van der Waals surface area contributed by atoms with Gasteiger partial charge in [-0.25, -0.2) is 9.98 Å². The molecule has 8 heteroatoms. The first-order valence-electron chi connectivity index (χ1n) is 10.6. The molecule has 1 saturated heterocycles. The average molecular weight is 426 g/mol. The third-order valence-electron chi connectivity index (χ3n) is 6.40. The number of aliphatic hydroxyl groups is 1. The lowest BCUT2D eigenvalue weighted by Gasteiger charge is -2.49. The molecular weight excluding hydrogens is 399 g/mol. The summed E-state index contributed by atoms with van der Waals surface area (Å²) in [6, 6.07) is 9.22. The van der Waals surface area contributed by atoms with Crippen LogP contribution in [0.4, 0.5) is 4.39 Å². The van der Waals surface area contributed by atoms with Crippen molar-refractivity contribution < 1.29 is 19.0 Å². The number of halogens is 1. The van der Waals surface area contributed by atoms with E-state index in [0.29, 0.717) is 30.8 Å². The fraction of sp³-hybridized carbons (Fsp3) is 0.478. The van der Waals surface area contributed by atoms with Crippen molar-refractivity contribution in [1.29, 1.82) is 0 Å². The normalized spacial score (nSPS) is 27.8. The molecule has 0 bridgehead atoms. The van der Waals surface area contributed by atoms with Gasteiger partial charge in [0.25, 0.3) is 6.02 Å². The SMILES string of the molecule is CC(C)(O)CN1CC[C@@H]2Oc3ccc(-c4cccnc4F)cc3C3(COC(N)=N3)[C@H]2C1. The number of hydrogen-bond acceptors (Lipinski definition) is 7. The largest absolute Gasteiger partial charge is 0.490 e. The Morgan fingerprint density at radius 1 is 1.35 bits per heavy atom. The maximum Gasteiger partial charge on any atom is 0.283 e. The molecule has 5 rings (SSSR count). The summed E-state index contributed by atoms with van der Waals surface area (Å²) in [5, 5.41) is 10.3. The standard InChI is InChI=1S/C23H27FN4O3/c1-22(2,29)12-28-9-7-19-17(11-28)23(13-30-21(25)27-23)16-10-14(5-6-18(16)31-19)15-4-3-8-26-20(15)24/h3-6,8,10,17,19,29H,7,9,11-13H2,1-2H3,(H2,25,27)/t17-,19-,23?/m0/s1. The molecule has 0 radical (unpaired) electrons. The van der Waals surface area contributed by atoms with Crippen LogP contribution >= 0.6 is 0 Å². The van der Waals surface area contributed by atoms with Gasteiger partial charge in [0.2, 0.25) is 5.95 Å². The summed E-state index contributed by atoms with van der Waals surface area (Å²) in [7, 11) is 0. The molecule has 4 heterocycles. The second-order valence-corrected chi connectivity index (χ2v) is 9.31. The van der Waals surface area contributed by atoms with E-state index < -0.39 is 17.1 Å². The van der Waals surface area contributed by atoms with E-state index in [1.54, 1.807) is 12.1 Å². The molecule has 1 unspecified atom stereocenters. The Hall–Kier alpha value is -2.71. The zero-order valence-corrected chi connectivity index (χ0v) is 17.7. The molecule has 3 aliphatic rings. The van der Waals surface area contributed by atoms with Crippen LogP contribution in [0.15, 0.2) is 41.5 Å². The smallest absolute Gasteiger partial charge is 0.283 e. The van der Waals surface area contributed by atoms with Crippen LogP contribution in [0, 0.1) is 11.9 Å². The molecule has 164 valence electrons. The van der Waals surface area contributed by atoms with Gasteiger partial charge in [-0.1, -0.05) is 6.07 Å². The lowest BCUT2D eigenvalue weighted by atomic mass is 9.71. The Kier molecular flexibility index (Phi) is 4.67. The number of nitrogens with two attached hydrogens (primary N) is 1. The van der Waals surface area contributed by atoms with Crippen molar-refractivity contribution >= 4 is 6.02 Å². The fourth-order valence-corrected chi connectivity index (χ4v) is 5.16. The molecule has 2 aromatic rings. The Labute approximate surface area is 180 Å². The maximum atomic E-state index is 14.4. The van der Waals surface area contributed by atoms with Gasteiger partial charge in [-0.3, -0.25) is 4.90 Å². The number of benzene rings is 1. The van der Waals surface area contributed by atoms with Crippen LogP contribution in [0.3, 0.4) is 0 Å². The van der Waals surface area contributed by atoms with Crippen molar-refractivity contribution in [2.75, 3.05) is 26.2 Å². The molecule has 7 nitrogen and oxygen atoms in total. The van der Waals surface area contributed by atoms with Crippen LogP contribution < -0.4 is 10.5 Å². The van der Waals surface area contributed by atoms with Crippen LogP contribution in [0.1, 0.15) is 25.8 Å². The van der Waals surface area contributed by atoms with Gasteiger partial charge in [0.15, 0.2) is 0 Å². The molecule has 1 aromatic heterocycles. The van der Waals surface area contributed by atoms with Crippen molar-refractivity contribution in [1.82, 2.24) is 9.88 Å². The van der Waals surface area contributed by atoms with E-state index in [0.717, 1.165) is 24.3 Å². The molecule has 1 aromatic carbocycles. The van der Waals surface area contributed by atoms with Gasteiger partial charge in [0, 0.05) is 42.9 Å². The van der Waals surface area contributed by atoms with Gasteiger partial charge in [0.05, 0.1) is 5.60 Å². The van der Waals surface area contributed by atoms with Crippen LogP contribution in [0.5, 0.6) is 5.75 Å². The van der Waals surface area contributed by atoms with E-state index in [1.165, 1.54) is 6.20 Å². The highest BCUT2D eigenvalue weighted by atomic mass is 19.1. The third kappa shape index (κ3) is 3.53. The van der Waals surface area contributed by atoms with Crippen molar-refractivity contribution in [2.24, 2.45) is 16.6 Å². The van der Waals surface area contributed by atoms with Crippen molar-refractivity contribution in [3.63, 3.8) is 0 Å². The number of β-amino-alcohol motifs (C(OH)–C–C–N with tert-alkyl or cyclic N) is 1. The summed E-state index contributed by atoms with van der Waals surface area (Å²) in [6.07, 6.45) is 2.21. The van der Waals surface area contributed by atoms with Crippen LogP contribution in [0.2, 0.25) is 0 Å². The zero-order valence-electron chi connectivity index (χ0n) is 17.7. The van der Waals surface area contributed by atoms with E-state index in [2.05, 4.69) is 9.88 Å². The molecule has 0 amide bonds. The first-order chi connectivity index (χ1) is 14.7. The second kappa shape index (κ2) is 7.17. The fourth-order valence-electron chi connectivity index (χ4n) is 5.16. The van der Waals surface area contributed by atoms with E-state index in [1.807, 2.05) is 32.0 Å². The Morgan fingerprint density at radius 3 is 2.90 bits per heavy atom. The summed E-state index contributed by atoms with van der Waals surface area (Å²) in [5.41, 5.74) is 6.45. The van der Waals surface area contributed by atoms with Crippen molar-refractivity contribution in [2.45, 2.75) is 37.5 Å². The lowest BCUT2D eigenvalue weighted by Crippen LogP contribution is -2.58. The van der Waals surface area contributed by atoms with E-state index in [-0.39, 0.29) is 18.0 Å². The molecule has 0 aliphatic carbocycles. The second-order valence-electron chi connectivity index (χ2n) is 9.31. The number of rotatable bonds is 3. The maximum absolute atomic E-state index is 14.4. The van der Waals surface area contributed by atoms with Gasteiger partial charge in [-0.2, -0.15) is 4.39 Å². The van der Waals surface area contributed by atoms with Gasteiger partial charge < -0.3 is 20.3 Å². The molecule has 1 fully saturated rings. The number of pyridine rings is 1. The predicted octanol–water partition coefficient (Wildman–Crippen LogP) is 2.28. The Bertz CT molecular complexity index is 1040. The third-order valence-corrected chi connectivity index (χ3v) is 6.40. The van der Waals surface area contributed by atoms with Gasteiger partial charge >= 0.3 is 0 Å². The highest BCUT2D eigenvalue weighted by Crippen LogP contribution is 2.51. The number of hydrogen-bond donors (Lipinski definition) is 2. The molecule has 3 atom stereocenters. The van der Waals surface area contributed by atoms with Crippen LogP contribution in [-0.4, -0.2) is 59.0 Å². The average Bonchev–Trinajstić information content (AvgIpc) is 3.10. The zero-order chi connectivity index (χ0) is 21.8. The minimum absolute atomic E-state index is 0.00820. The van der Waals surface area contributed by atoms with E-state index in [4.69, 9.17) is 20.2 Å². The van der Waals surface area contributed by atoms with Gasteiger partial charge in [0.1, 0.15) is 24.0 Å². The minimum Gasteiger partial charge on any atom is -0.490 e. The van der Waals surface area contributed by atoms with E-state index in [9.17, 15) is 9.50 Å². The highest BCUT2D eigenvalue weighted by Gasteiger charge is 2.55. The summed E-state index contributed by atoms with van der Waals surface area (Å²) in [6.45, 7) is 6.01. The number of aromatic nitrogens is 1. The number of ether oxygens (including phenoxy) is 2. The van der Waals surface area contributed by atoms with Gasteiger partial charge in [-0.15, -0.1) is 0 Å². The Morgan fingerprint density at radius 2 is 2.19 bits per heavy atom. The minimum atomic E-state index is -0.799. The topological polar surface area (TPSA) is 93.2 Å². The number of nitrogens with zero attached hydrogens (tertiary/aromatic N) is 3. The summed E-state index contributed by atoms with van der Waals surface area (Å²) in [4.78, 5) is 10.8. The van der Waals surface area contributed by atoms with E-state index >= 15 is 0 Å². The number of amidine groups is 1. The van der Waals surface area contributed by atoms with Crippen LogP contribution in [0.25, 0.3) is 11.1 Å². The number of likely N-dealkylation sites (tertiary alicyclic amines) is 1. The molecule has 3 N–H and O–H groups in total. The molecule has 0 saturated carbocycles. The monoisotopic (exact) mass is 426 g/mol. The summed E-state index contributed by atoms with van der Waals surface area (Å²) in [5.74, 6) is 0.198. The lowest BCUT2D eigenvalue weighted by molar-refractivity contribution is -0.0467. The van der Waals surface area contributed by atoms with Crippen LogP contribution in [-0.2, 0) is 10.3 Å². The van der Waals surface area contributed by atoms with Crippen molar-refractivity contribution in [3.8, 4) is 16.9 Å². The van der Waals surface area contributed by atoms with Gasteiger partial charge in [-0.05, 0) is 50.1 Å². The Balaban J connectivity index is 1.58. The quantitative estimate of drug-likeness (QED) is 0.732. The first kappa shape index (κ1) is 20.2.